The third-order valence-electron chi connectivity index (χ3n) is 5.73. The molecule has 3 heterocycles. The summed E-state index contributed by atoms with van der Waals surface area (Å²) in [5.41, 5.74) is 4.46. The average Bonchev–Trinajstić information content (AvgIpc) is 3.51. The van der Waals surface area contributed by atoms with Gasteiger partial charge in [-0.25, -0.2) is 4.98 Å². The van der Waals surface area contributed by atoms with Gasteiger partial charge < -0.3 is 14.6 Å². The summed E-state index contributed by atoms with van der Waals surface area (Å²) in [6, 6.07) is 10.2. The summed E-state index contributed by atoms with van der Waals surface area (Å²) in [5.74, 6) is 1.13. The van der Waals surface area contributed by atoms with Gasteiger partial charge in [0.25, 0.3) is 0 Å². The van der Waals surface area contributed by atoms with E-state index < -0.39 is 0 Å². The van der Waals surface area contributed by atoms with Gasteiger partial charge in [0.05, 0.1) is 24.0 Å². The smallest absolute Gasteiger partial charge is 0.235 e. The Hall–Kier alpha value is -3.09. The average molecular weight is 451 g/mol. The summed E-state index contributed by atoms with van der Waals surface area (Å²) in [6.07, 6.45) is 2.12. The Labute approximate surface area is 191 Å². The van der Waals surface area contributed by atoms with Crippen LogP contribution in [0.4, 0.5) is 5.82 Å². The Morgan fingerprint density at radius 2 is 2.12 bits per heavy atom. The van der Waals surface area contributed by atoms with E-state index in [9.17, 15) is 10.1 Å². The first-order valence-corrected chi connectivity index (χ1v) is 11.6. The number of H-pyrrole nitrogens is 1. The van der Waals surface area contributed by atoms with Crippen LogP contribution in [0, 0.1) is 32.1 Å². The standard InChI is InChI=1S/C23H26N6O2S/c1-14-6-8-17(9-7-14)21-26-23(28-27-21)32-13-20(30)25-22-19(11-24)15(2)16(3)29(22)12-18-5-4-10-31-18/h6-9,18H,4-5,10,12-13H2,1-3H3,(H,25,30)(H,26,27,28)/t18-/m0/s1. The Kier molecular flexibility index (Phi) is 6.63. The zero-order valence-electron chi connectivity index (χ0n) is 18.4. The van der Waals surface area contributed by atoms with Crippen molar-refractivity contribution in [2.75, 3.05) is 17.7 Å². The van der Waals surface area contributed by atoms with Crippen LogP contribution in [0.15, 0.2) is 29.4 Å². The fourth-order valence-electron chi connectivity index (χ4n) is 3.80. The molecule has 1 aromatic carbocycles. The lowest BCUT2D eigenvalue weighted by molar-refractivity contribution is -0.113. The number of nitrogens with one attached hydrogen (secondary N) is 2. The number of anilines is 1. The molecular weight excluding hydrogens is 424 g/mol. The molecule has 1 saturated heterocycles. The van der Waals surface area contributed by atoms with Crippen molar-refractivity contribution in [3.05, 3.63) is 46.6 Å². The number of hydrogen-bond donors (Lipinski definition) is 2. The molecule has 0 saturated carbocycles. The lowest BCUT2D eigenvalue weighted by Gasteiger charge is -2.16. The lowest BCUT2D eigenvalue weighted by Crippen LogP contribution is -2.22. The maximum Gasteiger partial charge on any atom is 0.235 e. The topological polar surface area (TPSA) is 109 Å². The predicted octanol–water partition coefficient (Wildman–Crippen LogP) is 3.98. The molecule has 2 aromatic heterocycles. The zero-order valence-corrected chi connectivity index (χ0v) is 19.3. The Morgan fingerprint density at radius 3 is 2.81 bits per heavy atom. The predicted molar refractivity (Wildman–Crippen MR) is 124 cm³/mol. The number of nitriles is 1. The molecule has 9 heteroatoms. The number of aromatic nitrogens is 4. The molecule has 0 unspecified atom stereocenters. The van der Waals surface area contributed by atoms with Crippen LogP contribution in [0.5, 0.6) is 0 Å². The highest BCUT2D eigenvalue weighted by atomic mass is 32.2. The van der Waals surface area contributed by atoms with Crippen LogP contribution in [0.3, 0.4) is 0 Å². The molecule has 1 fully saturated rings. The van der Waals surface area contributed by atoms with Crippen molar-refractivity contribution in [1.29, 1.82) is 5.26 Å². The summed E-state index contributed by atoms with van der Waals surface area (Å²) in [5, 5.41) is 20.2. The first-order chi connectivity index (χ1) is 15.5. The number of amides is 1. The molecule has 2 N–H and O–H groups in total. The molecular formula is C23H26N6O2S. The number of nitrogens with zero attached hydrogens (tertiary/aromatic N) is 4. The maximum absolute atomic E-state index is 12.7. The SMILES string of the molecule is Cc1ccc(-c2nc(SCC(=O)Nc3c(C#N)c(C)c(C)n3C[C@@H]3CCCO3)n[nH]2)cc1. The highest BCUT2D eigenvalue weighted by Crippen LogP contribution is 2.29. The van der Waals surface area contributed by atoms with E-state index in [-0.39, 0.29) is 17.8 Å². The van der Waals surface area contributed by atoms with Crippen molar-refractivity contribution >= 4 is 23.5 Å². The van der Waals surface area contributed by atoms with Gasteiger partial charge in [-0.15, -0.1) is 5.10 Å². The van der Waals surface area contributed by atoms with Gasteiger partial charge in [-0.3, -0.25) is 9.89 Å². The highest BCUT2D eigenvalue weighted by Gasteiger charge is 2.24. The first-order valence-electron chi connectivity index (χ1n) is 10.6. The molecule has 0 aliphatic carbocycles. The molecule has 4 rings (SSSR count). The van der Waals surface area contributed by atoms with Crippen molar-refractivity contribution in [2.24, 2.45) is 0 Å². The third kappa shape index (κ3) is 4.71. The van der Waals surface area contributed by atoms with E-state index in [1.165, 1.54) is 17.3 Å². The van der Waals surface area contributed by atoms with Crippen molar-refractivity contribution in [3.8, 4) is 17.5 Å². The summed E-state index contributed by atoms with van der Waals surface area (Å²) in [4.78, 5) is 17.2. The maximum atomic E-state index is 12.7. The minimum Gasteiger partial charge on any atom is -0.376 e. The molecule has 1 amide bonds. The minimum absolute atomic E-state index is 0.102. The van der Waals surface area contributed by atoms with Crippen LogP contribution in [-0.2, 0) is 16.1 Å². The highest BCUT2D eigenvalue weighted by molar-refractivity contribution is 7.99. The quantitative estimate of drug-likeness (QED) is 0.527. The molecule has 0 radical (unpaired) electrons. The van der Waals surface area contributed by atoms with Crippen LogP contribution in [0.25, 0.3) is 11.4 Å². The molecule has 0 bridgehead atoms. The van der Waals surface area contributed by atoms with E-state index in [4.69, 9.17) is 4.74 Å². The number of carbonyl (C=O) groups excluding carboxylic acids is 1. The lowest BCUT2D eigenvalue weighted by atomic mass is 10.1. The van der Waals surface area contributed by atoms with Gasteiger partial charge >= 0.3 is 0 Å². The van der Waals surface area contributed by atoms with Gasteiger partial charge in [0.1, 0.15) is 11.9 Å². The van der Waals surface area contributed by atoms with Crippen LogP contribution in [-0.4, -0.2) is 44.1 Å². The van der Waals surface area contributed by atoms with Gasteiger partial charge in [-0.2, -0.15) is 5.26 Å². The second-order valence-corrected chi connectivity index (χ2v) is 8.90. The summed E-state index contributed by atoms with van der Waals surface area (Å²) in [6.45, 7) is 7.29. The number of rotatable bonds is 7. The number of thioether (sulfide) groups is 1. The van der Waals surface area contributed by atoms with Crippen molar-refractivity contribution < 1.29 is 9.53 Å². The van der Waals surface area contributed by atoms with E-state index in [0.717, 1.165) is 36.3 Å². The van der Waals surface area contributed by atoms with Crippen LogP contribution < -0.4 is 5.32 Å². The fourth-order valence-corrected chi connectivity index (χ4v) is 4.40. The molecule has 8 nitrogen and oxygen atoms in total. The molecule has 3 aromatic rings. The van der Waals surface area contributed by atoms with E-state index in [2.05, 4.69) is 26.6 Å². The number of aryl methyl sites for hydroxylation is 1. The van der Waals surface area contributed by atoms with Gasteiger partial charge in [0, 0.05) is 17.9 Å². The number of ether oxygens (including phenoxy) is 1. The Morgan fingerprint density at radius 1 is 1.34 bits per heavy atom. The van der Waals surface area contributed by atoms with E-state index in [1.54, 1.807) is 0 Å². The minimum atomic E-state index is -0.209. The van der Waals surface area contributed by atoms with Crippen molar-refractivity contribution in [1.82, 2.24) is 19.7 Å². The van der Waals surface area contributed by atoms with E-state index >= 15 is 0 Å². The second kappa shape index (κ2) is 9.59. The summed E-state index contributed by atoms with van der Waals surface area (Å²) in [7, 11) is 0. The number of hydrogen-bond acceptors (Lipinski definition) is 6. The summed E-state index contributed by atoms with van der Waals surface area (Å²) < 4.78 is 7.76. The monoisotopic (exact) mass is 450 g/mol. The van der Waals surface area contributed by atoms with Crippen molar-refractivity contribution in [3.63, 3.8) is 0 Å². The number of aromatic amines is 1. The van der Waals surface area contributed by atoms with E-state index in [0.29, 0.717) is 28.9 Å². The van der Waals surface area contributed by atoms with Gasteiger partial charge in [-0.1, -0.05) is 41.6 Å². The molecule has 32 heavy (non-hydrogen) atoms. The third-order valence-corrected chi connectivity index (χ3v) is 6.58. The molecule has 0 spiro atoms. The molecule has 166 valence electrons. The summed E-state index contributed by atoms with van der Waals surface area (Å²) >= 11 is 1.25. The molecule has 1 atom stereocenters. The van der Waals surface area contributed by atoms with Crippen LogP contribution in [0.1, 0.15) is 35.2 Å². The zero-order chi connectivity index (χ0) is 22.7. The largest absolute Gasteiger partial charge is 0.376 e. The van der Waals surface area contributed by atoms with E-state index in [1.807, 2.05) is 49.6 Å². The van der Waals surface area contributed by atoms with Crippen LogP contribution in [0.2, 0.25) is 0 Å². The number of benzene rings is 1. The normalized spacial score (nSPS) is 15.6. The van der Waals surface area contributed by atoms with Gasteiger partial charge in [0.2, 0.25) is 11.1 Å². The van der Waals surface area contributed by atoms with Gasteiger partial charge in [-0.05, 0) is 39.2 Å². The first kappa shape index (κ1) is 22.1. The van der Waals surface area contributed by atoms with Crippen molar-refractivity contribution in [2.45, 2.75) is 51.4 Å². The fraction of sp³-hybridized carbons (Fsp3) is 0.391. The number of carbonyl (C=O) groups is 1. The molecule has 1 aliphatic rings. The Bertz CT molecular complexity index is 1150. The Balaban J connectivity index is 1.43. The van der Waals surface area contributed by atoms with Crippen LogP contribution >= 0.6 is 11.8 Å². The molecule has 1 aliphatic heterocycles. The van der Waals surface area contributed by atoms with Gasteiger partial charge in [0.15, 0.2) is 5.82 Å². The second-order valence-electron chi connectivity index (χ2n) is 7.96.